The molecule has 9 heteroatoms. The minimum atomic E-state index is -0.0965. The van der Waals surface area contributed by atoms with Crippen molar-refractivity contribution in [3.05, 3.63) is 12.1 Å². The summed E-state index contributed by atoms with van der Waals surface area (Å²) in [5, 5.41) is 3.60. The number of thiazole rings is 1. The van der Waals surface area contributed by atoms with Gasteiger partial charge < -0.3 is 24.0 Å². The van der Waals surface area contributed by atoms with Crippen LogP contribution < -0.4 is 15.0 Å². The molecule has 28 heavy (non-hydrogen) atoms. The van der Waals surface area contributed by atoms with Crippen molar-refractivity contribution in [3.63, 3.8) is 0 Å². The van der Waals surface area contributed by atoms with Crippen LogP contribution in [0.5, 0.6) is 5.75 Å². The van der Waals surface area contributed by atoms with E-state index in [0.717, 1.165) is 54.4 Å². The fourth-order valence-electron chi connectivity index (χ4n) is 4.16. The molecule has 3 saturated heterocycles. The van der Waals surface area contributed by atoms with Crippen molar-refractivity contribution < 1.29 is 19.0 Å². The van der Waals surface area contributed by atoms with E-state index in [9.17, 15) is 4.79 Å². The van der Waals surface area contributed by atoms with Crippen molar-refractivity contribution in [1.29, 1.82) is 0 Å². The SMILES string of the molecule is CCOc1ccc(N2CCOCC2)c2sc(NC(=O)N3C[C@@H]4C[C@H]3CO4)nc12. The molecule has 8 nitrogen and oxygen atoms in total. The number of urea groups is 1. The first-order valence-electron chi connectivity index (χ1n) is 9.81. The number of hydrogen-bond donors (Lipinski definition) is 1. The molecule has 1 N–H and O–H groups in total. The average Bonchev–Trinajstić information content (AvgIpc) is 3.44. The van der Waals surface area contributed by atoms with Crippen LogP contribution in [0.15, 0.2) is 12.1 Å². The van der Waals surface area contributed by atoms with Crippen LogP contribution >= 0.6 is 11.3 Å². The monoisotopic (exact) mass is 404 g/mol. The first-order chi connectivity index (χ1) is 13.7. The molecule has 2 aromatic rings. The van der Waals surface area contributed by atoms with Gasteiger partial charge in [0.05, 0.1) is 49.0 Å². The van der Waals surface area contributed by atoms with Crippen LogP contribution in [0.2, 0.25) is 0 Å². The molecular weight excluding hydrogens is 380 g/mol. The molecule has 150 valence electrons. The number of likely N-dealkylation sites (tertiary alicyclic amines) is 1. The molecule has 0 unspecified atom stereocenters. The molecule has 3 aliphatic heterocycles. The predicted molar refractivity (Wildman–Crippen MR) is 108 cm³/mol. The van der Waals surface area contributed by atoms with Gasteiger partial charge in [-0.3, -0.25) is 5.32 Å². The minimum Gasteiger partial charge on any atom is -0.492 e. The molecule has 2 bridgehead atoms. The lowest BCUT2D eigenvalue weighted by Gasteiger charge is -2.29. The lowest BCUT2D eigenvalue weighted by Crippen LogP contribution is -2.43. The zero-order valence-corrected chi connectivity index (χ0v) is 16.7. The molecule has 2 atom stereocenters. The number of carbonyl (C=O) groups is 1. The number of hydrogen-bond acceptors (Lipinski definition) is 7. The number of amides is 2. The maximum atomic E-state index is 12.7. The summed E-state index contributed by atoms with van der Waals surface area (Å²) in [7, 11) is 0. The van der Waals surface area contributed by atoms with E-state index in [1.807, 2.05) is 17.9 Å². The van der Waals surface area contributed by atoms with Crippen LogP contribution in [0.3, 0.4) is 0 Å². The number of nitrogens with one attached hydrogen (secondary N) is 1. The number of carbonyl (C=O) groups excluding carboxylic acids is 1. The van der Waals surface area contributed by atoms with E-state index in [0.29, 0.717) is 24.9 Å². The molecule has 0 spiro atoms. The van der Waals surface area contributed by atoms with Gasteiger partial charge in [-0.1, -0.05) is 11.3 Å². The van der Waals surface area contributed by atoms with Crippen molar-refractivity contribution in [1.82, 2.24) is 9.88 Å². The van der Waals surface area contributed by atoms with Crippen LogP contribution in [0, 0.1) is 0 Å². The number of fused-ring (bicyclic) bond motifs is 3. The lowest BCUT2D eigenvalue weighted by atomic mass is 10.2. The number of nitrogens with zero attached hydrogens (tertiary/aromatic N) is 3. The standard InChI is InChI=1S/C19H24N4O4S/c1-2-26-15-4-3-14(22-5-7-25-8-6-22)17-16(15)20-18(28-17)21-19(24)23-10-13-9-12(23)11-27-13/h3-4,12-13H,2,5-11H2,1H3,(H,20,21,24)/t12-,13-/m0/s1. The highest BCUT2D eigenvalue weighted by atomic mass is 32.1. The second kappa shape index (κ2) is 7.38. The van der Waals surface area contributed by atoms with E-state index in [1.165, 1.54) is 11.3 Å². The van der Waals surface area contributed by atoms with E-state index < -0.39 is 0 Å². The normalized spacial score (nSPS) is 24.2. The Morgan fingerprint density at radius 2 is 2.25 bits per heavy atom. The predicted octanol–water partition coefficient (Wildman–Crippen LogP) is 2.54. The molecular formula is C19H24N4O4S. The zero-order valence-electron chi connectivity index (χ0n) is 15.8. The van der Waals surface area contributed by atoms with Crippen LogP contribution in [0.25, 0.3) is 10.2 Å². The Morgan fingerprint density at radius 1 is 1.39 bits per heavy atom. The largest absolute Gasteiger partial charge is 0.492 e. The summed E-state index contributed by atoms with van der Waals surface area (Å²) in [5.74, 6) is 0.750. The molecule has 1 aromatic heterocycles. The van der Waals surface area contributed by atoms with Gasteiger partial charge in [0.15, 0.2) is 5.13 Å². The Morgan fingerprint density at radius 3 is 2.96 bits per heavy atom. The number of morpholine rings is 2. The van der Waals surface area contributed by atoms with E-state index in [2.05, 4.69) is 16.3 Å². The first-order valence-corrected chi connectivity index (χ1v) is 10.6. The van der Waals surface area contributed by atoms with Gasteiger partial charge in [0.1, 0.15) is 11.3 Å². The van der Waals surface area contributed by atoms with Crippen molar-refractivity contribution in [2.24, 2.45) is 0 Å². The maximum absolute atomic E-state index is 12.7. The summed E-state index contributed by atoms with van der Waals surface area (Å²) in [4.78, 5) is 21.6. The number of ether oxygens (including phenoxy) is 3. The summed E-state index contributed by atoms with van der Waals surface area (Å²) in [5.41, 5.74) is 1.92. The zero-order chi connectivity index (χ0) is 19.1. The van der Waals surface area contributed by atoms with Gasteiger partial charge in [0.2, 0.25) is 0 Å². The van der Waals surface area contributed by atoms with Crippen LogP contribution in [-0.4, -0.2) is 74.1 Å². The van der Waals surface area contributed by atoms with Crippen LogP contribution in [0.1, 0.15) is 13.3 Å². The van der Waals surface area contributed by atoms with E-state index >= 15 is 0 Å². The van der Waals surface area contributed by atoms with Gasteiger partial charge in [-0.05, 0) is 25.5 Å². The average molecular weight is 404 g/mol. The Kier molecular flexibility index (Phi) is 4.73. The highest BCUT2D eigenvalue weighted by Crippen LogP contribution is 2.40. The smallest absolute Gasteiger partial charge is 0.324 e. The molecule has 2 amide bonds. The highest BCUT2D eigenvalue weighted by Gasteiger charge is 2.41. The lowest BCUT2D eigenvalue weighted by molar-refractivity contribution is 0.0473. The maximum Gasteiger partial charge on any atom is 0.324 e. The van der Waals surface area contributed by atoms with Crippen LogP contribution in [0.4, 0.5) is 15.6 Å². The Balaban J connectivity index is 1.44. The summed E-state index contributed by atoms with van der Waals surface area (Å²) >= 11 is 1.50. The number of aromatic nitrogens is 1. The van der Waals surface area contributed by atoms with Gasteiger partial charge in [-0.2, -0.15) is 0 Å². The molecule has 0 saturated carbocycles. The molecule has 3 fully saturated rings. The van der Waals surface area contributed by atoms with Crippen molar-refractivity contribution in [2.45, 2.75) is 25.5 Å². The first kappa shape index (κ1) is 18.0. The van der Waals surface area contributed by atoms with Gasteiger partial charge in [0, 0.05) is 19.6 Å². The fourth-order valence-corrected chi connectivity index (χ4v) is 5.17. The second-order valence-electron chi connectivity index (χ2n) is 7.24. The summed E-state index contributed by atoms with van der Waals surface area (Å²) < 4.78 is 17.9. The van der Waals surface area contributed by atoms with E-state index in [-0.39, 0.29) is 18.2 Å². The minimum absolute atomic E-state index is 0.0965. The summed E-state index contributed by atoms with van der Waals surface area (Å²) in [6.45, 7) is 6.95. The fraction of sp³-hybridized carbons (Fsp3) is 0.579. The Bertz CT molecular complexity index is 882. The van der Waals surface area contributed by atoms with Crippen molar-refractivity contribution in [3.8, 4) is 5.75 Å². The van der Waals surface area contributed by atoms with Gasteiger partial charge >= 0.3 is 6.03 Å². The quantitative estimate of drug-likeness (QED) is 0.844. The van der Waals surface area contributed by atoms with Crippen molar-refractivity contribution in [2.75, 3.05) is 56.3 Å². The Labute approximate surface area is 167 Å². The van der Waals surface area contributed by atoms with E-state index in [1.54, 1.807) is 0 Å². The number of anilines is 2. The summed E-state index contributed by atoms with van der Waals surface area (Å²) in [6, 6.07) is 4.14. The summed E-state index contributed by atoms with van der Waals surface area (Å²) in [6.07, 6.45) is 1.12. The third-order valence-electron chi connectivity index (χ3n) is 5.51. The molecule has 0 radical (unpaired) electrons. The molecule has 0 aliphatic carbocycles. The third-order valence-corrected chi connectivity index (χ3v) is 6.51. The third kappa shape index (κ3) is 3.17. The molecule has 1 aromatic carbocycles. The van der Waals surface area contributed by atoms with Gasteiger partial charge in [0.25, 0.3) is 0 Å². The highest BCUT2D eigenvalue weighted by molar-refractivity contribution is 7.23. The van der Waals surface area contributed by atoms with Gasteiger partial charge in [-0.25, -0.2) is 9.78 Å². The molecule has 4 heterocycles. The topological polar surface area (TPSA) is 76.2 Å². The van der Waals surface area contributed by atoms with Crippen molar-refractivity contribution >= 4 is 38.4 Å². The number of benzene rings is 1. The number of rotatable bonds is 4. The Hall–Kier alpha value is -2.10. The molecule has 5 rings (SSSR count). The second-order valence-corrected chi connectivity index (χ2v) is 8.24. The molecule has 3 aliphatic rings. The van der Waals surface area contributed by atoms with Crippen LogP contribution in [-0.2, 0) is 9.47 Å². The van der Waals surface area contributed by atoms with Gasteiger partial charge in [-0.15, -0.1) is 0 Å². The van der Waals surface area contributed by atoms with E-state index in [4.69, 9.17) is 19.2 Å².